The molecule has 13 atom stereocenters. The summed E-state index contributed by atoms with van der Waals surface area (Å²) in [5.41, 5.74) is 5.96. The zero-order chi connectivity index (χ0) is 55.1. The number of ether oxygens (including phenoxy) is 4. The fraction of sp³-hybridized carbons (Fsp3) is 0.368. The number of hydrogen-bond donors (Lipinski definition) is 15. The van der Waals surface area contributed by atoms with E-state index in [2.05, 4.69) is 27.0 Å². The topological polar surface area (TPSA) is 370 Å². The van der Waals surface area contributed by atoms with Gasteiger partial charge in [0, 0.05) is 71.2 Å². The molecule has 5 heterocycles. The lowest BCUT2D eigenvalue weighted by Crippen LogP contribution is -2.84. The van der Waals surface area contributed by atoms with Crippen molar-refractivity contribution < 1.29 is 74.1 Å². The monoisotopic (exact) mass is 1080 g/mol. The molecule has 22 nitrogen and oxygen atoms in total. The van der Waals surface area contributed by atoms with Gasteiger partial charge in [-0.2, -0.15) is 0 Å². The molecular weight excluding hydrogens is 1020 g/mol. The number of nitrogens with two attached hydrogens (primary N) is 2. The van der Waals surface area contributed by atoms with E-state index in [-0.39, 0.29) is 47.5 Å². The molecule has 0 amide bonds. The van der Waals surface area contributed by atoms with Crippen molar-refractivity contribution in [3.05, 3.63) is 153 Å². The Hall–Kier alpha value is -7.64. The number of H-pyrrole nitrogens is 1. The van der Waals surface area contributed by atoms with Crippen LogP contribution < -0.4 is 47.1 Å². The number of phenolic OH excluding ortho intramolecular Hbond substituents is 2. The molecule has 13 rings (SSSR count). The molecule has 79 heavy (non-hydrogen) atoms. The lowest BCUT2D eigenvalue weighted by molar-refractivity contribution is -0.355. The molecule has 17 N–H and O–H groups in total. The van der Waals surface area contributed by atoms with Gasteiger partial charge in [-0.1, -0.05) is 36.4 Å². The van der Waals surface area contributed by atoms with Crippen molar-refractivity contribution in [2.24, 2.45) is 27.9 Å². The summed E-state index contributed by atoms with van der Waals surface area (Å²) in [4.78, 5) is 31.0. The summed E-state index contributed by atoms with van der Waals surface area (Å²) in [5.74, 6) is -3.42. The maximum Gasteiger partial charge on any atom is 0.336 e. The number of aliphatic hydroxyl groups excluding tert-OH is 4. The van der Waals surface area contributed by atoms with Crippen molar-refractivity contribution in [3.8, 4) is 40.1 Å². The SMILES string of the molecule is NC1=C2C=C[C@@]34C=C[C@@]5([C@@H]6CNCN6)C(=C[C@]6(O)[C@H](Oc7cc8oc(-c9ccc(O[C@@H](CO)[C@H](O)c%10ccc(N)[nH]%10)cc9)cc(=O)c8c(O)c7O[C@H](O)c7cccc(O)c7)O[C@H](C(=O)O)[C@]5(O)[C@H]6O)[C@@]35C2=C(CC[C@@H]5CC4)CN1. The molecule has 5 aliphatic carbocycles. The van der Waals surface area contributed by atoms with Gasteiger partial charge in [-0.3, -0.25) is 10.1 Å². The Labute approximate surface area is 449 Å². The first-order chi connectivity index (χ1) is 37.9. The Morgan fingerprint density at radius 2 is 1.77 bits per heavy atom. The molecule has 1 spiro atoms. The predicted molar refractivity (Wildman–Crippen MR) is 279 cm³/mol. The second-order valence-corrected chi connectivity index (χ2v) is 21.8. The van der Waals surface area contributed by atoms with Crippen LogP contribution in [0.15, 0.2) is 141 Å². The number of nitrogen functional groups attached to an aromatic ring is 1. The molecule has 412 valence electrons. The standard InChI is InChI=1S/C57H58N6O16/c58-41-11-10-33(63-41)44(67)38(24-64)75-31-8-5-26(6-9-31)35-19-34(66)42-36(76-35)20-37(46(45(42)68)78-50(71)27-2-1-3-30(65)18-27)77-52-55(73)21-39-54(40-23-60-25-62-40,57(74,51(55)72)47(79-52)49(69)70)17-16-53-14-12-29-7-4-28-22-61-48(59)32(13-15-53)43(28)56(29,39)53/h1-3,5-6,8-11,13,15-21,29,38,40,44,47,50-52,60-65,67-68,71-74H,4,7,12,14,22-25,58-59H2,(H,69,70)/t29-,38+,40+,44-,47-,50+,51+,52-,53+,54+,55-,56+,57+/m1/s1. The van der Waals surface area contributed by atoms with Crippen molar-refractivity contribution in [1.29, 1.82) is 0 Å². The molecule has 2 saturated heterocycles. The van der Waals surface area contributed by atoms with Gasteiger partial charge in [0.2, 0.25) is 18.3 Å². The maximum absolute atomic E-state index is 14.2. The highest BCUT2D eigenvalue weighted by molar-refractivity contribution is 5.90. The van der Waals surface area contributed by atoms with E-state index < -0.39 is 111 Å². The number of fused-ring (bicyclic) bond motifs is 5. The average molecular weight is 1080 g/mol. The van der Waals surface area contributed by atoms with Gasteiger partial charge < -0.3 is 96.4 Å². The van der Waals surface area contributed by atoms with E-state index in [0.29, 0.717) is 47.9 Å². The van der Waals surface area contributed by atoms with E-state index in [1.54, 1.807) is 18.2 Å². The number of rotatable bonds is 13. The van der Waals surface area contributed by atoms with Crippen LogP contribution >= 0.6 is 0 Å². The third-order valence-electron chi connectivity index (χ3n) is 18.0. The van der Waals surface area contributed by atoms with Gasteiger partial charge in [0.15, 0.2) is 34.7 Å². The molecule has 2 aromatic heterocycles. The van der Waals surface area contributed by atoms with Crippen LogP contribution in [-0.4, -0.2) is 125 Å². The smallest absolute Gasteiger partial charge is 0.336 e. The molecule has 5 aromatic rings. The second-order valence-electron chi connectivity index (χ2n) is 21.8. The first-order valence-electron chi connectivity index (χ1n) is 26.1. The zero-order valence-electron chi connectivity index (χ0n) is 42.1. The summed E-state index contributed by atoms with van der Waals surface area (Å²) in [5, 5.41) is 116. The molecule has 22 heteroatoms. The molecule has 8 aliphatic rings. The molecule has 2 bridgehead atoms. The number of aromatic hydroxyl groups is 2. The zero-order valence-corrected chi connectivity index (χ0v) is 42.1. The summed E-state index contributed by atoms with van der Waals surface area (Å²) >= 11 is 0. The van der Waals surface area contributed by atoms with Crippen LogP contribution in [0, 0.1) is 22.2 Å². The first-order valence-corrected chi connectivity index (χ1v) is 26.1. The maximum atomic E-state index is 14.2. The fourth-order valence-corrected chi connectivity index (χ4v) is 14.5. The Bertz CT molecular complexity index is 3590. The van der Waals surface area contributed by atoms with Gasteiger partial charge in [-0.15, -0.1) is 0 Å². The summed E-state index contributed by atoms with van der Waals surface area (Å²) in [7, 11) is 0. The molecule has 1 saturated carbocycles. The fourth-order valence-electron chi connectivity index (χ4n) is 14.5. The highest BCUT2D eigenvalue weighted by atomic mass is 16.7. The number of phenols is 2. The quantitative estimate of drug-likeness (QED) is 0.0593. The van der Waals surface area contributed by atoms with Crippen LogP contribution in [-0.2, 0) is 9.53 Å². The number of nitrogens with one attached hydrogen (secondary N) is 4. The van der Waals surface area contributed by atoms with Crippen LogP contribution in [0.2, 0.25) is 0 Å². The van der Waals surface area contributed by atoms with Crippen molar-refractivity contribution >= 4 is 22.8 Å². The third kappa shape index (κ3) is 7.02. The average Bonchev–Trinajstić information content (AvgIpc) is 3.02. The number of dihydropyridines is 1. The number of aromatic amines is 1. The van der Waals surface area contributed by atoms with Crippen LogP contribution in [0.25, 0.3) is 22.3 Å². The second kappa shape index (κ2) is 17.9. The predicted octanol–water partition coefficient (Wildman–Crippen LogP) is 2.17. The third-order valence-corrected chi connectivity index (χ3v) is 18.0. The highest BCUT2D eigenvalue weighted by Gasteiger charge is 2.82. The number of aliphatic carboxylic acids is 1. The van der Waals surface area contributed by atoms with Crippen LogP contribution in [0.4, 0.5) is 5.82 Å². The van der Waals surface area contributed by atoms with Gasteiger partial charge in [0.05, 0.1) is 12.0 Å². The minimum absolute atomic E-state index is 0.0146. The number of aromatic nitrogens is 1. The summed E-state index contributed by atoms with van der Waals surface area (Å²) in [6.07, 6.45) is 0.858. The van der Waals surface area contributed by atoms with Gasteiger partial charge in [0.1, 0.15) is 57.7 Å². The van der Waals surface area contributed by atoms with E-state index in [0.717, 1.165) is 41.7 Å². The number of aliphatic hydroxyl groups is 6. The number of allylic oxidation sites excluding steroid dienone is 5. The molecule has 3 aliphatic heterocycles. The van der Waals surface area contributed by atoms with Crippen molar-refractivity contribution in [3.63, 3.8) is 0 Å². The van der Waals surface area contributed by atoms with Gasteiger partial charge in [0.25, 0.3) is 0 Å². The lowest BCUT2D eigenvalue weighted by atomic mass is 9.36. The number of benzene rings is 3. The number of carbonyl (C=O) groups is 1. The Kier molecular flexibility index (Phi) is 11.5. The normalized spacial score (nSPS) is 33.0. The summed E-state index contributed by atoms with van der Waals surface area (Å²) in [6, 6.07) is 15.9. The van der Waals surface area contributed by atoms with Crippen molar-refractivity contribution in [1.82, 2.24) is 20.9 Å². The lowest BCUT2D eigenvalue weighted by Gasteiger charge is -2.70. The van der Waals surface area contributed by atoms with Gasteiger partial charge >= 0.3 is 5.97 Å². The van der Waals surface area contributed by atoms with E-state index in [1.165, 1.54) is 54.6 Å². The first kappa shape index (κ1) is 50.8. The molecule has 3 aromatic carbocycles. The van der Waals surface area contributed by atoms with Crippen LogP contribution in [0.1, 0.15) is 49.3 Å². The van der Waals surface area contributed by atoms with Gasteiger partial charge in [-0.05, 0) is 103 Å². The number of carboxylic acids is 1. The van der Waals surface area contributed by atoms with E-state index in [4.69, 9.17) is 34.8 Å². The van der Waals surface area contributed by atoms with E-state index in [1.807, 2.05) is 12.2 Å². The minimum Gasteiger partial charge on any atom is -0.508 e. The Balaban J connectivity index is 0.963. The summed E-state index contributed by atoms with van der Waals surface area (Å²) in [6.45, 7) is 0.351. The van der Waals surface area contributed by atoms with Crippen molar-refractivity contribution in [2.75, 3.05) is 32.1 Å². The molecule has 3 fully saturated rings. The minimum atomic E-state index is -2.84. The Morgan fingerprint density at radius 3 is 2.49 bits per heavy atom. The van der Waals surface area contributed by atoms with E-state index >= 15 is 0 Å². The summed E-state index contributed by atoms with van der Waals surface area (Å²) < 4.78 is 31.1. The van der Waals surface area contributed by atoms with Crippen LogP contribution in [0.3, 0.4) is 0 Å². The van der Waals surface area contributed by atoms with Gasteiger partial charge in [-0.25, -0.2) is 4.79 Å². The van der Waals surface area contributed by atoms with Crippen molar-refractivity contribution in [2.45, 2.75) is 79.9 Å². The van der Waals surface area contributed by atoms with E-state index in [9.17, 15) is 55.5 Å². The molecule has 0 radical (unpaired) electrons. The molecule has 0 unspecified atom stereocenters. The Morgan fingerprint density at radius 1 is 0.962 bits per heavy atom. The largest absolute Gasteiger partial charge is 0.508 e. The number of carboxylic acid groups (broad SMARTS) is 1. The van der Waals surface area contributed by atoms with Crippen LogP contribution in [0.5, 0.6) is 28.7 Å². The number of anilines is 1. The molecular formula is C57H58N6O16. The number of hydrogen-bond acceptors (Lipinski definition) is 20. The highest BCUT2D eigenvalue weighted by Crippen LogP contribution is 2.79.